The highest BCUT2D eigenvalue weighted by Gasteiger charge is 2.00. The van der Waals surface area contributed by atoms with Gasteiger partial charge in [-0.2, -0.15) is 0 Å². The lowest BCUT2D eigenvalue weighted by molar-refractivity contribution is 0.414. The van der Waals surface area contributed by atoms with E-state index in [1.54, 1.807) is 18.4 Å². The Morgan fingerprint density at radius 1 is 1.55 bits per heavy atom. The molecule has 0 N–H and O–H groups in total. The van der Waals surface area contributed by atoms with Gasteiger partial charge in [0.2, 0.25) is 6.29 Å². The third-order valence-electron chi connectivity index (χ3n) is 1.28. The SMILES string of the molecule is COc1ccc(Cl)c([C]=O)c1. The molecule has 0 saturated heterocycles. The zero-order chi connectivity index (χ0) is 8.27. The number of carbonyl (C=O) groups excluding carboxylic acids is 1. The fraction of sp³-hybridized carbons (Fsp3) is 0.125. The lowest BCUT2D eigenvalue weighted by atomic mass is 10.2. The quantitative estimate of drug-likeness (QED) is 0.675. The van der Waals surface area contributed by atoms with E-state index in [4.69, 9.17) is 16.3 Å². The highest BCUT2D eigenvalue weighted by atomic mass is 35.5. The number of benzene rings is 1. The van der Waals surface area contributed by atoms with Crippen molar-refractivity contribution in [3.8, 4) is 5.75 Å². The molecule has 0 bridgehead atoms. The fourth-order valence-corrected chi connectivity index (χ4v) is 0.866. The van der Waals surface area contributed by atoms with Crippen LogP contribution in [0.5, 0.6) is 5.75 Å². The molecule has 0 aromatic heterocycles. The molecule has 0 unspecified atom stereocenters. The molecule has 0 aliphatic heterocycles. The molecule has 0 atom stereocenters. The second-order valence-electron chi connectivity index (χ2n) is 1.95. The molecule has 1 rings (SSSR count). The Morgan fingerprint density at radius 2 is 2.27 bits per heavy atom. The minimum Gasteiger partial charge on any atom is -0.497 e. The van der Waals surface area contributed by atoms with Crippen LogP contribution in [-0.4, -0.2) is 13.4 Å². The summed E-state index contributed by atoms with van der Waals surface area (Å²) in [7, 11) is 1.53. The summed E-state index contributed by atoms with van der Waals surface area (Å²) in [5.41, 5.74) is 0.325. The van der Waals surface area contributed by atoms with E-state index in [-0.39, 0.29) is 0 Å². The van der Waals surface area contributed by atoms with Crippen molar-refractivity contribution >= 4 is 17.9 Å². The second kappa shape index (κ2) is 3.39. The molecule has 0 spiro atoms. The Bertz CT molecular complexity index is 271. The molecular formula is C8H6ClO2. The van der Waals surface area contributed by atoms with Crippen molar-refractivity contribution in [2.75, 3.05) is 7.11 Å². The average molecular weight is 170 g/mol. The van der Waals surface area contributed by atoms with Gasteiger partial charge in [-0.15, -0.1) is 0 Å². The van der Waals surface area contributed by atoms with Gasteiger partial charge in [-0.25, -0.2) is 0 Å². The summed E-state index contributed by atoms with van der Waals surface area (Å²) in [6.07, 6.45) is 1.71. The summed E-state index contributed by atoms with van der Waals surface area (Å²) in [5.74, 6) is 0.604. The van der Waals surface area contributed by atoms with E-state index in [0.29, 0.717) is 16.3 Å². The molecule has 57 valence electrons. The zero-order valence-corrected chi connectivity index (χ0v) is 6.68. The van der Waals surface area contributed by atoms with Crippen LogP contribution in [0.15, 0.2) is 18.2 Å². The minimum absolute atomic E-state index is 0.325. The van der Waals surface area contributed by atoms with Crippen LogP contribution in [0.1, 0.15) is 5.56 Å². The van der Waals surface area contributed by atoms with E-state index in [2.05, 4.69) is 0 Å². The largest absolute Gasteiger partial charge is 0.497 e. The number of halogens is 1. The smallest absolute Gasteiger partial charge is 0.235 e. The summed E-state index contributed by atoms with van der Waals surface area (Å²) in [4.78, 5) is 10.2. The monoisotopic (exact) mass is 169 g/mol. The normalized spacial score (nSPS) is 9.27. The van der Waals surface area contributed by atoms with Gasteiger partial charge in [0.25, 0.3) is 0 Å². The molecule has 11 heavy (non-hydrogen) atoms. The third kappa shape index (κ3) is 1.71. The molecule has 3 heteroatoms. The predicted molar refractivity (Wildman–Crippen MR) is 42.8 cm³/mol. The molecule has 0 heterocycles. The lowest BCUT2D eigenvalue weighted by Gasteiger charge is -1.99. The average Bonchev–Trinajstić information content (AvgIpc) is 2.05. The number of rotatable bonds is 2. The van der Waals surface area contributed by atoms with Crippen molar-refractivity contribution in [1.29, 1.82) is 0 Å². The van der Waals surface area contributed by atoms with Crippen molar-refractivity contribution in [1.82, 2.24) is 0 Å². The van der Waals surface area contributed by atoms with E-state index >= 15 is 0 Å². The van der Waals surface area contributed by atoms with E-state index in [1.807, 2.05) is 0 Å². The van der Waals surface area contributed by atoms with Crippen molar-refractivity contribution in [3.05, 3.63) is 28.8 Å². The maximum atomic E-state index is 10.2. The van der Waals surface area contributed by atoms with Crippen molar-refractivity contribution in [2.24, 2.45) is 0 Å². The second-order valence-corrected chi connectivity index (χ2v) is 2.36. The fourth-order valence-electron chi connectivity index (χ4n) is 0.710. The van der Waals surface area contributed by atoms with Crippen molar-refractivity contribution in [3.63, 3.8) is 0 Å². The van der Waals surface area contributed by atoms with E-state index in [0.717, 1.165) is 0 Å². The first-order chi connectivity index (χ1) is 5.27. The highest BCUT2D eigenvalue weighted by molar-refractivity contribution is 6.33. The summed E-state index contributed by atoms with van der Waals surface area (Å²) >= 11 is 5.64. The van der Waals surface area contributed by atoms with Crippen molar-refractivity contribution < 1.29 is 9.53 Å². The van der Waals surface area contributed by atoms with Crippen LogP contribution in [0, 0.1) is 0 Å². The first-order valence-electron chi connectivity index (χ1n) is 2.99. The Kier molecular flexibility index (Phi) is 2.49. The highest BCUT2D eigenvalue weighted by Crippen LogP contribution is 2.19. The molecule has 1 aromatic rings. The Labute approximate surface area is 69.7 Å². The molecule has 2 nitrogen and oxygen atoms in total. The van der Waals surface area contributed by atoms with Gasteiger partial charge in [-0.1, -0.05) is 11.6 Å². The Hall–Kier alpha value is -1.02. The molecule has 0 aliphatic rings. The van der Waals surface area contributed by atoms with Crippen LogP contribution >= 0.6 is 11.6 Å². The first-order valence-corrected chi connectivity index (χ1v) is 3.37. The van der Waals surface area contributed by atoms with E-state index in [9.17, 15) is 4.79 Å². The molecule has 1 radical (unpaired) electrons. The van der Waals surface area contributed by atoms with Gasteiger partial charge in [0.1, 0.15) is 5.75 Å². The number of hydrogen-bond acceptors (Lipinski definition) is 2. The lowest BCUT2D eigenvalue weighted by Crippen LogP contribution is -1.86. The summed E-state index contributed by atoms with van der Waals surface area (Å²) in [6.45, 7) is 0. The van der Waals surface area contributed by atoms with E-state index in [1.165, 1.54) is 13.2 Å². The van der Waals surface area contributed by atoms with Crippen molar-refractivity contribution in [2.45, 2.75) is 0 Å². The van der Waals surface area contributed by atoms with Gasteiger partial charge in [-0.3, -0.25) is 4.79 Å². The topological polar surface area (TPSA) is 26.3 Å². The molecule has 0 aliphatic carbocycles. The maximum Gasteiger partial charge on any atom is 0.235 e. The van der Waals surface area contributed by atoms with Crippen LogP contribution < -0.4 is 4.74 Å². The predicted octanol–water partition coefficient (Wildman–Crippen LogP) is 1.81. The first kappa shape index (κ1) is 8.08. The van der Waals surface area contributed by atoms with Crippen LogP contribution in [-0.2, 0) is 4.79 Å². The Balaban J connectivity index is 3.12. The maximum absolute atomic E-state index is 10.2. The van der Waals surface area contributed by atoms with Crippen LogP contribution in [0.4, 0.5) is 0 Å². The van der Waals surface area contributed by atoms with Gasteiger partial charge in [0.05, 0.1) is 12.1 Å². The van der Waals surface area contributed by atoms with Crippen LogP contribution in [0.2, 0.25) is 5.02 Å². The third-order valence-corrected chi connectivity index (χ3v) is 1.61. The zero-order valence-electron chi connectivity index (χ0n) is 5.93. The molecule has 0 saturated carbocycles. The summed E-state index contributed by atoms with van der Waals surface area (Å²) < 4.78 is 4.87. The van der Waals surface area contributed by atoms with Crippen LogP contribution in [0.3, 0.4) is 0 Å². The standard InChI is InChI=1S/C8H6ClO2/c1-11-7-2-3-8(9)6(4-7)5-10/h2-4H,1H3. The molecule has 0 amide bonds. The van der Waals surface area contributed by atoms with Gasteiger partial charge >= 0.3 is 0 Å². The number of ether oxygens (including phenoxy) is 1. The van der Waals surface area contributed by atoms with Crippen LogP contribution in [0.25, 0.3) is 0 Å². The van der Waals surface area contributed by atoms with Gasteiger partial charge in [0, 0.05) is 5.56 Å². The molecule has 0 fully saturated rings. The van der Waals surface area contributed by atoms with Gasteiger partial charge in [-0.05, 0) is 18.2 Å². The Morgan fingerprint density at radius 3 is 2.82 bits per heavy atom. The molecular weight excluding hydrogens is 164 g/mol. The summed E-state index contributed by atoms with van der Waals surface area (Å²) in [5, 5.41) is 0.390. The van der Waals surface area contributed by atoms with Gasteiger partial charge < -0.3 is 4.74 Å². The molecule has 1 aromatic carbocycles. The summed E-state index contributed by atoms with van der Waals surface area (Å²) in [6, 6.07) is 4.82. The van der Waals surface area contributed by atoms with Gasteiger partial charge in [0.15, 0.2) is 0 Å². The van der Waals surface area contributed by atoms with E-state index < -0.39 is 0 Å². The minimum atomic E-state index is 0.325. The number of hydrogen-bond donors (Lipinski definition) is 0. The number of methoxy groups -OCH3 is 1.